The topological polar surface area (TPSA) is 71.0 Å². The molecule has 1 saturated heterocycles. The average Bonchev–Trinajstić information content (AvgIpc) is 2.81. The lowest BCUT2D eigenvalue weighted by atomic mass is 10.1. The van der Waals surface area contributed by atoms with E-state index in [1.165, 1.54) is 0 Å². The number of aryl methyl sites for hydroxylation is 1. The van der Waals surface area contributed by atoms with E-state index in [9.17, 15) is 4.79 Å². The molecule has 22 heavy (non-hydrogen) atoms. The molecule has 1 amide bonds. The highest BCUT2D eigenvalue weighted by molar-refractivity contribution is 7.80. The van der Waals surface area contributed by atoms with Crippen molar-refractivity contribution in [3.05, 3.63) is 11.8 Å². The molecule has 122 valence electrons. The van der Waals surface area contributed by atoms with Crippen LogP contribution in [0.15, 0.2) is 6.20 Å². The van der Waals surface area contributed by atoms with Gasteiger partial charge in [-0.05, 0) is 45.3 Å². The van der Waals surface area contributed by atoms with E-state index in [1.807, 2.05) is 18.5 Å². The van der Waals surface area contributed by atoms with Crippen molar-refractivity contribution in [2.45, 2.75) is 65.1 Å². The summed E-state index contributed by atoms with van der Waals surface area (Å²) in [4.78, 5) is 12.6. The lowest BCUT2D eigenvalue weighted by Crippen LogP contribution is -2.57. The van der Waals surface area contributed by atoms with Crippen LogP contribution in [0.2, 0.25) is 0 Å². The minimum atomic E-state index is -0.312. The summed E-state index contributed by atoms with van der Waals surface area (Å²) in [6.07, 6.45) is 4.46. The van der Waals surface area contributed by atoms with Crippen molar-refractivity contribution < 1.29 is 4.79 Å². The van der Waals surface area contributed by atoms with Crippen molar-refractivity contribution >= 4 is 29.1 Å². The molecule has 1 aliphatic rings. The number of thiocarbonyl (C=S) groups is 1. The van der Waals surface area contributed by atoms with Crippen LogP contribution in [-0.2, 0) is 4.79 Å². The van der Waals surface area contributed by atoms with Crippen molar-refractivity contribution in [1.29, 1.82) is 0 Å². The Morgan fingerprint density at radius 1 is 1.50 bits per heavy atom. The number of nitrogens with one attached hydrogen (secondary N) is 3. The van der Waals surface area contributed by atoms with Crippen molar-refractivity contribution in [2.75, 3.05) is 5.32 Å². The molecule has 0 spiro atoms. The number of hydrogen-bond donors (Lipinski definition) is 3. The zero-order valence-electron chi connectivity index (χ0n) is 13.6. The first-order valence-electron chi connectivity index (χ1n) is 7.88. The first kappa shape index (κ1) is 16.7. The second-order valence-electron chi connectivity index (χ2n) is 5.89. The van der Waals surface area contributed by atoms with Gasteiger partial charge in [0.2, 0.25) is 5.91 Å². The number of nitrogens with zero attached hydrogens (tertiary/aromatic N) is 2. The molecular weight excluding hydrogens is 298 g/mol. The third-order valence-electron chi connectivity index (χ3n) is 4.10. The van der Waals surface area contributed by atoms with E-state index < -0.39 is 0 Å². The van der Waals surface area contributed by atoms with E-state index in [0.29, 0.717) is 17.6 Å². The number of carbonyl (C=O) groups is 1. The molecule has 0 radical (unpaired) electrons. The van der Waals surface area contributed by atoms with Gasteiger partial charge in [-0.1, -0.05) is 13.8 Å². The van der Waals surface area contributed by atoms with Crippen molar-refractivity contribution in [1.82, 2.24) is 20.4 Å². The summed E-state index contributed by atoms with van der Waals surface area (Å²) in [5.41, 5.74) is 0.977. The molecule has 0 aliphatic carbocycles. The summed E-state index contributed by atoms with van der Waals surface area (Å²) in [5.74, 6) is 0.726. The zero-order valence-corrected chi connectivity index (χ0v) is 14.5. The van der Waals surface area contributed by atoms with E-state index in [1.54, 1.807) is 6.20 Å². The maximum Gasteiger partial charge on any atom is 0.248 e. The van der Waals surface area contributed by atoms with E-state index in [4.69, 9.17) is 12.2 Å². The lowest BCUT2D eigenvalue weighted by molar-refractivity contribution is -0.118. The Hall–Kier alpha value is -1.63. The Bertz CT molecular complexity index is 552. The van der Waals surface area contributed by atoms with E-state index >= 15 is 0 Å². The third kappa shape index (κ3) is 3.58. The Morgan fingerprint density at radius 2 is 2.18 bits per heavy atom. The van der Waals surface area contributed by atoms with Gasteiger partial charge >= 0.3 is 0 Å². The standard InChI is InChI=1S/C15H25N5OS/c1-5-11(6-2)20-13(9(3)8-16-20)19-14(21)12-7-10(4)17-15(22)18-12/h8,10-12H,5-7H2,1-4H3,(H,19,21)(H2,17,18,22)/t10-,12+/m1/s1. The molecule has 7 heteroatoms. The number of carbonyl (C=O) groups excluding carboxylic acids is 1. The molecule has 1 fully saturated rings. The lowest BCUT2D eigenvalue weighted by Gasteiger charge is -2.30. The van der Waals surface area contributed by atoms with Gasteiger partial charge in [0, 0.05) is 11.6 Å². The van der Waals surface area contributed by atoms with Crippen LogP contribution in [0.25, 0.3) is 0 Å². The number of aromatic nitrogens is 2. The molecule has 2 atom stereocenters. The van der Waals surface area contributed by atoms with Crippen LogP contribution in [0.1, 0.15) is 51.6 Å². The molecule has 1 aromatic heterocycles. The molecular formula is C15H25N5OS. The fourth-order valence-electron chi connectivity index (χ4n) is 2.79. The largest absolute Gasteiger partial charge is 0.360 e. The highest BCUT2D eigenvalue weighted by atomic mass is 32.1. The van der Waals surface area contributed by atoms with E-state index in [-0.39, 0.29) is 18.0 Å². The highest BCUT2D eigenvalue weighted by Crippen LogP contribution is 2.24. The van der Waals surface area contributed by atoms with Crippen LogP contribution in [0, 0.1) is 6.92 Å². The van der Waals surface area contributed by atoms with Gasteiger partial charge in [-0.15, -0.1) is 0 Å². The van der Waals surface area contributed by atoms with Crippen LogP contribution >= 0.6 is 12.2 Å². The molecule has 0 unspecified atom stereocenters. The fourth-order valence-corrected chi connectivity index (χ4v) is 3.13. The van der Waals surface area contributed by atoms with Crippen LogP contribution in [0.5, 0.6) is 0 Å². The highest BCUT2D eigenvalue weighted by Gasteiger charge is 2.28. The van der Waals surface area contributed by atoms with Gasteiger partial charge in [-0.25, -0.2) is 4.68 Å². The number of amides is 1. The van der Waals surface area contributed by atoms with E-state index in [0.717, 1.165) is 24.2 Å². The van der Waals surface area contributed by atoms with Gasteiger partial charge in [0.1, 0.15) is 11.9 Å². The first-order chi connectivity index (χ1) is 10.5. The van der Waals surface area contributed by atoms with Crippen LogP contribution < -0.4 is 16.0 Å². The van der Waals surface area contributed by atoms with Crippen molar-refractivity contribution in [3.8, 4) is 0 Å². The number of hydrogen-bond acceptors (Lipinski definition) is 3. The summed E-state index contributed by atoms with van der Waals surface area (Å²) in [5, 5.41) is 14.1. The van der Waals surface area contributed by atoms with Crippen LogP contribution in [0.3, 0.4) is 0 Å². The predicted octanol–water partition coefficient (Wildman–Crippen LogP) is 2.12. The zero-order chi connectivity index (χ0) is 16.3. The quantitative estimate of drug-likeness (QED) is 0.724. The van der Waals surface area contributed by atoms with Gasteiger partial charge in [0.15, 0.2) is 5.11 Å². The smallest absolute Gasteiger partial charge is 0.248 e. The van der Waals surface area contributed by atoms with Gasteiger partial charge in [-0.2, -0.15) is 5.10 Å². The Morgan fingerprint density at radius 3 is 2.77 bits per heavy atom. The van der Waals surface area contributed by atoms with Gasteiger partial charge in [-0.3, -0.25) is 4.79 Å². The average molecular weight is 323 g/mol. The second kappa shape index (κ2) is 7.09. The maximum absolute atomic E-state index is 12.6. The molecule has 6 nitrogen and oxygen atoms in total. The minimum absolute atomic E-state index is 0.0634. The summed E-state index contributed by atoms with van der Waals surface area (Å²) in [6.45, 7) is 8.24. The van der Waals surface area contributed by atoms with E-state index in [2.05, 4.69) is 34.9 Å². The van der Waals surface area contributed by atoms with Gasteiger partial charge in [0.05, 0.1) is 12.2 Å². The molecule has 2 rings (SSSR count). The minimum Gasteiger partial charge on any atom is -0.360 e. The van der Waals surface area contributed by atoms with Crippen LogP contribution in [0.4, 0.5) is 5.82 Å². The summed E-state index contributed by atoms with van der Waals surface area (Å²) < 4.78 is 1.93. The first-order valence-corrected chi connectivity index (χ1v) is 8.29. The molecule has 0 bridgehead atoms. The SMILES string of the molecule is CCC(CC)n1ncc(C)c1NC(=O)[C@@H]1C[C@@H](C)NC(=S)N1. The predicted molar refractivity (Wildman–Crippen MR) is 91.9 cm³/mol. The Balaban J connectivity index is 2.14. The number of anilines is 1. The molecule has 1 aromatic rings. The van der Waals surface area contributed by atoms with Crippen LogP contribution in [-0.4, -0.2) is 32.9 Å². The van der Waals surface area contributed by atoms with Gasteiger partial charge in [0.25, 0.3) is 0 Å². The Kier molecular flexibility index (Phi) is 5.39. The molecule has 0 aromatic carbocycles. The normalized spacial score (nSPS) is 21.4. The molecule has 0 saturated carbocycles. The monoisotopic (exact) mass is 323 g/mol. The number of rotatable bonds is 5. The summed E-state index contributed by atoms with van der Waals surface area (Å²) in [7, 11) is 0. The van der Waals surface area contributed by atoms with Crippen molar-refractivity contribution in [2.24, 2.45) is 0 Å². The summed E-state index contributed by atoms with van der Waals surface area (Å²) >= 11 is 5.14. The third-order valence-corrected chi connectivity index (χ3v) is 4.33. The second-order valence-corrected chi connectivity index (χ2v) is 6.30. The van der Waals surface area contributed by atoms with Crippen molar-refractivity contribution in [3.63, 3.8) is 0 Å². The molecule has 1 aliphatic heterocycles. The molecule has 2 heterocycles. The Labute approximate surface area is 137 Å². The molecule has 3 N–H and O–H groups in total. The fraction of sp³-hybridized carbons (Fsp3) is 0.667. The summed E-state index contributed by atoms with van der Waals surface area (Å²) in [6, 6.07) is 0.174. The van der Waals surface area contributed by atoms with Gasteiger partial charge < -0.3 is 16.0 Å². The maximum atomic E-state index is 12.6.